The van der Waals surface area contributed by atoms with Crippen LogP contribution in [0.5, 0.6) is 0 Å². The number of hydrogen-bond donors (Lipinski definition) is 1. The fourth-order valence-electron chi connectivity index (χ4n) is 2.28. The van der Waals surface area contributed by atoms with E-state index >= 15 is 0 Å². The number of alkyl halides is 3. The number of benzene rings is 1. The molecule has 1 unspecified atom stereocenters. The molecule has 3 nitrogen and oxygen atoms in total. The predicted octanol–water partition coefficient (Wildman–Crippen LogP) is 4.05. The molecule has 2 N–H and O–H groups in total. The van der Waals surface area contributed by atoms with Gasteiger partial charge < -0.3 is 10.1 Å². The number of halogens is 4. The molecule has 0 radical (unpaired) electrons. The average molecular weight is 326 g/mol. The van der Waals surface area contributed by atoms with Gasteiger partial charge in [0.2, 0.25) is 0 Å². The summed E-state index contributed by atoms with van der Waals surface area (Å²) in [5.74, 6) is 0. The van der Waals surface area contributed by atoms with Crippen LogP contribution in [0.1, 0.15) is 22.9 Å². The second kappa shape index (κ2) is 5.30. The van der Waals surface area contributed by atoms with Crippen LogP contribution in [0.15, 0.2) is 48.8 Å². The zero-order valence-electron chi connectivity index (χ0n) is 11.2. The fourth-order valence-corrected chi connectivity index (χ4v) is 2.54. The Bertz CT molecular complexity index is 812. The van der Waals surface area contributed by atoms with E-state index in [1.165, 1.54) is 10.6 Å². The quantitative estimate of drug-likeness (QED) is 0.772. The molecule has 1 atom stereocenters. The van der Waals surface area contributed by atoms with E-state index in [0.717, 1.165) is 17.8 Å². The molecule has 0 amide bonds. The van der Waals surface area contributed by atoms with E-state index in [1.807, 2.05) is 18.2 Å². The molecule has 22 heavy (non-hydrogen) atoms. The van der Waals surface area contributed by atoms with E-state index in [4.69, 9.17) is 17.3 Å². The van der Waals surface area contributed by atoms with Crippen molar-refractivity contribution >= 4 is 17.2 Å². The van der Waals surface area contributed by atoms with Gasteiger partial charge in [-0.3, -0.25) is 0 Å². The SMILES string of the molecule is NC(c1ccccc1)c1cnc2c(Cl)cc(C(F)(F)F)cn12. The summed E-state index contributed by atoms with van der Waals surface area (Å²) in [5.41, 5.74) is 6.77. The molecule has 3 aromatic rings. The predicted molar refractivity (Wildman–Crippen MR) is 77.7 cm³/mol. The highest BCUT2D eigenvalue weighted by Gasteiger charge is 2.32. The molecule has 0 spiro atoms. The molecule has 114 valence electrons. The lowest BCUT2D eigenvalue weighted by atomic mass is 10.1. The van der Waals surface area contributed by atoms with Gasteiger partial charge in [0, 0.05) is 6.20 Å². The molecule has 0 fully saturated rings. The summed E-state index contributed by atoms with van der Waals surface area (Å²) in [6.07, 6.45) is -2.08. The Morgan fingerprint density at radius 3 is 2.50 bits per heavy atom. The number of hydrogen-bond acceptors (Lipinski definition) is 2. The Morgan fingerprint density at radius 2 is 1.86 bits per heavy atom. The minimum Gasteiger partial charge on any atom is -0.319 e. The van der Waals surface area contributed by atoms with Crippen molar-refractivity contribution in [2.24, 2.45) is 5.73 Å². The first-order valence-corrected chi connectivity index (χ1v) is 6.80. The van der Waals surface area contributed by atoms with Crippen LogP contribution in [0, 0.1) is 0 Å². The second-order valence-corrected chi connectivity index (χ2v) is 5.25. The van der Waals surface area contributed by atoms with Gasteiger partial charge in [-0.1, -0.05) is 41.9 Å². The third-order valence-electron chi connectivity index (χ3n) is 3.39. The molecule has 7 heteroatoms. The second-order valence-electron chi connectivity index (χ2n) is 4.84. The molecular formula is C15H11ClF3N3. The van der Waals surface area contributed by atoms with E-state index in [0.29, 0.717) is 5.69 Å². The number of nitrogens with zero attached hydrogens (tertiary/aromatic N) is 2. The molecule has 0 aliphatic carbocycles. The van der Waals surface area contributed by atoms with E-state index in [2.05, 4.69) is 4.98 Å². The van der Waals surface area contributed by atoms with Gasteiger partial charge in [0.15, 0.2) is 5.65 Å². The number of aromatic nitrogens is 2. The summed E-state index contributed by atoms with van der Waals surface area (Å²) in [5, 5.41) is -0.0682. The minimum atomic E-state index is -4.49. The molecule has 3 rings (SSSR count). The summed E-state index contributed by atoms with van der Waals surface area (Å²) >= 11 is 5.91. The van der Waals surface area contributed by atoms with E-state index in [-0.39, 0.29) is 10.7 Å². The zero-order chi connectivity index (χ0) is 15.9. The third kappa shape index (κ3) is 2.55. The van der Waals surface area contributed by atoms with Gasteiger partial charge >= 0.3 is 6.18 Å². The van der Waals surface area contributed by atoms with Crippen molar-refractivity contribution in [2.45, 2.75) is 12.2 Å². The van der Waals surface area contributed by atoms with Crippen molar-refractivity contribution in [3.8, 4) is 0 Å². The van der Waals surface area contributed by atoms with Crippen molar-refractivity contribution in [2.75, 3.05) is 0 Å². The van der Waals surface area contributed by atoms with Crippen molar-refractivity contribution < 1.29 is 13.2 Å². The smallest absolute Gasteiger partial charge is 0.319 e. The number of fused-ring (bicyclic) bond motifs is 1. The Kier molecular flexibility index (Phi) is 3.58. The zero-order valence-corrected chi connectivity index (χ0v) is 11.9. The molecule has 0 aliphatic heterocycles. The average Bonchev–Trinajstić information content (AvgIpc) is 2.91. The lowest BCUT2D eigenvalue weighted by Gasteiger charge is -2.14. The summed E-state index contributed by atoms with van der Waals surface area (Å²) in [6, 6.07) is 9.33. The third-order valence-corrected chi connectivity index (χ3v) is 3.67. The summed E-state index contributed by atoms with van der Waals surface area (Å²) < 4.78 is 40.1. The standard InChI is InChI=1S/C15H11ClF3N3/c16-11-6-10(15(17,18)19)8-22-12(7-21-14(11)22)13(20)9-4-2-1-3-5-9/h1-8,13H,20H2. The number of pyridine rings is 1. The number of rotatable bonds is 2. The van der Waals surface area contributed by atoms with Gasteiger partial charge in [-0.05, 0) is 11.6 Å². The summed E-state index contributed by atoms with van der Waals surface area (Å²) in [6.45, 7) is 0. The Hall–Kier alpha value is -2.05. The van der Waals surface area contributed by atoms with Crippen molar-refractivity contribution in [1.82, 2.24) is 9.38 Å². The van der Waals surface area contributed by atoms with Crippen LogP contribution < -0.4 is 5.73 Å². The Morgan fingerprint density at radius 1 is 1.18 bits per heavy atom. The van der Waals surface area contributed by atoms with Crippen molar-refractivity contribution in [1.29, 1.82) is 0 Å². The van der Waals surface area contributed by atoms with Crippen molar-refractivity contribution in [3.63, 3.8) is 0 Å². The summed E-state index contributed by atoms with van der Waals surface area (Å²) in [4.78, 5) is 4.07. The normalized spacial score (nSPS) is 13.5. The molecule has 0 bridgehead atoms. The van der Waals surface area contributed by atoms with Gasteiger partial charge in [-0.25, -0.2) is 4.98 Å². The van der Waals surface area contributed by atoms with Gasteiger partial charge in [0.25, 0.3) is 0 Å². The molecule has 1 aromatic carbocycles. The highest BCUT2D eigenvalue weighted by Crippen LogP contribution is 2.33. The van der Waals surface area contributed by atoms with Crippen LogP contribution in [0.4, 0.5) is 13.2 Å². The molecular weight excluding hydrogens is 315 g/mol. The van der Waals surface area contributed by atoms with Crippen LogP contribution in [-0.4, -0.2) is 9.38 Å². The number of nitrogens with two attached hydrogens (primary N) is 1. The molecule has 0 saturated carbocycles. The molecule has 0 saturated heterocycles. The van der Waals surface area contributed by atoms with Crippen LogP contribution >= 0.6 is 11.6 Å². The Balaban J connectivity index is 2.17. The highest BCUT2D eigenvalue weighted by atomic mass is 35.5. The van der Waals surface area contributed by atoms with Crippen molar-refractivity contribution in [3.05, 3.63) is 70.6 Å². The van der Waals surface area contributed by atoms with Gasteiger partial charge in [-0.2, -0.15) is 13.2 Å². The number of imidazole rings is 1. The highest BCUT2D eigenvalue weighted by molar-refractivity contribution is 6.33. The van der Waals surface area contributed by atoms with Crippen LogP contribution in [0.25, 0.3) is 5.65 Å². The van der Waals surface area contributed by atoms with Crippen LogP contribution in [-0.2, 0) is 6.18 Å². The fraction of sp³-hybridized carbons (Fsp3) is 0.133. The molecule has 2 heterocycles. The first-order valence-electron chi connectivity index (χ1n) is 6.42. The van der Waals surface area contributed by atoms with Gasteiger partial charge in [-0.15, -0.1) is 0 Å². The maximum Gasteiger partial charge on any atom is 0.417 e. The van der Waals surface area contributed by atoms with E-state index < -0.39 is 17.8 Å². The topological polar surface area (TPSA) is 43.3 Å². The first-order chi connectivity index (χ1) is 10.4. The maximum atomic E-state index is 12.9. The monoisotopic (exact) mass is 325 g/mol. The van der Waals surface area contributed by atoms with E-state index in [1.54, 1.807) is 12.1 Å². The van der Waals surface area contributed by atoms with Gasteiger partial charge in [0.05, 0.1) is 28.5 Å². The van der Waals surface area contributed by atoms with Crippen LogP contribution in [0.3, 0.4) is 0 Å². The lowest BCUT2D eigenvalue weighted by Crippen LogP contribution is -2.15. The first kappa shape index (κ1) is 14.9. The maximum absolute atomic E-state index is 12.9. The summed E-state index contributed by atoms with van der Waals surface area (Å²) in [7, 11) is 0. The lowest BCUT2D eigenvalue weighted by molar-refractivity contribution is -0.137. The largest absolute Gasteiger partial charge is 0.417 e. The van der Waals surface area contributed by atoms with Gasteiger partial charge in [0.1, 0.15) is 0 Å². The Labute approximate surface area is 129 Å². The van der Waals surface area contributed by atoms with E-state index in [9.17, 15) is 13.2 Å². The molecule has 0 aliphatic rings. The minimum absolute atomic E-state index is 0.0682. The molecule has 2 aromatic heterocycles. The van der Waals surface area contributed by atoms with Crippen LogP contribution in [0.2, 0.25) is 5.02 Å².